The summed E-state index contributed by atoms with van der Waals surface area (Å²) in [5.41, 5.74) is 1.05. The number of likely N-dealkylation sites (N-methyl/N-ethyl adjacent to an activating group) is 1. The molecule has 2 rings (SSSR count). The van der Waals surface area contributed by atoms with Crippen LogP contribution >= 0.6 is 34.2 Å². The van der Waals surface area contributed by atoms with Gasteiger partial charge in [-0.05, 0) is 71.8 Å². The SMILES string of the molecule is CCNC(=O)C(CC)N(Cc1ccccc1Cl)C(=O)CN(c1ccc(I)cc1)S(C)(=O)=O. The van der Waals surface area contributed by atoms with Crippen molar-refractivity contribution in [2.24, 2.45) is 0 Å². The van der Waals surface area contributed by atoms with E-state index in [1.54, 1.807) is 62.4 Å². The summed E-state index contributed by atoms with van der Waals surface area (Å²) in [6.45, 7) is 3.67. The van der Waals surface area contributed by atoms with Crippen molar-refractivity contribution < 1.29 is 18.0 Å². The Bertz CT molecular complexity index is 1050. The molecule has 2 aromatic rings. The fourth-order valence-corrected chi connectivity index (χ4v) is 4.65. The van der Waals surface area contributed by atoms with Gasteiger partial charge in [0.2, 0.25) is 21.8 Å². The van der Waals surface area contributed by atoms with Gasteiger partial charge in [0.1, 0.15) is 12.6 Å². The Morgan fingerprint density at radius 3 is 2.25 bits per heavy atom. The largest absolute Gasteiger partial charge is 0.355 e. The molecule has 10 heteroatoms. The van der Waals surface area contributed by atoms with Crippen molar-refractivity contribution in [3.8, 4) is 0 Å². The Balaban J connectivity index is 2.43. The first-order valence-corrected chi connectivity index (χ1v) is 13.4. The van der Waals surface area contributed by atoms with Crippen LogP contribution < -0.4 is 9.62 Å². The molecule has 0 heterocycles. The second kappa shape index (κ2) is 11.9. The fourth-order valence-electron chi connectivity index (χ4n) is 3.24. The van der Waals surface area contributed by atoms with E-state index >= 15 is 0 Å². The summed E-state index contributed by atoms with van der Waals surface area (Å²) in [7, 11) is -3.75. The molecule has 32 heavy (non-hydrogen) atoms. The van der Waals surface area contributed by atoms with Crippen molar-refractivity contribution >= 4 is 61.7 Å². The Labute approximate surface area is 208 Å². The number of sulfonamides is 1. The molecule has 2 aromatic carbocycles. The van der Waals surface area contributed by atoms with Crippen molar-refractivity contribution in [1.82, 2.24) is 10.2 Å². The number of carbonyl (C=O) groups excluding carboxylic acids is 2. The highest BCUT2D eigenvalue weighted by Gasteiger charge is 2.31. The molecule has 0 aromatic heterocycles. The van der Waals surface area contributed by atoms with Gasteiger partial charge in [0, 0.05) is 21.7 Å². The van der Waals surface area contributed by atoms with Crippen LogP contribution in [-0.4, -0.2) is 50.5 Å². The predicted octanol–water partition coefficient (Wildman–Crippen LogP) is 3.65. The monoisotopic (exact) mass is 591 g/mol. The van der Waals surface area contributed by atoms with Crippen LogP contribution in [0.3, 0.4) is 0 Å². The number of rotatable bonds is 10. The van der Waals surface area contributed by atoms with Crippen molar-refractivity contribution in [2.75, 3.05) is 23.7 Å². The van der Waals surface area contributed by atoms with Gasteiger partial charge in [0.05, 0.1) is 11.9 Å². The van der Waals surface area contributed by atoms with Gasteiger partial charge < -0.3 is 10.2 Å². The Hall–Kier alpha value is -1.85. The molecule has 0 saturated carbocycles. The van der Waals surface area contributed by atoms with E-state index in [1.807, 2.05) is 0 Å². The van der Waals surface area contributed by atoms with Gasteiger partial charge in [-0.3, -0.25) is 13.9 Å². The maximum Gasteiger partial charge on any atom is 0.244 e. The number of nitrogens with zero attached hydrogens (tertiary/aromatic N) is 2. The number of anilines is 1. The lowest BCUT2D eigenvalue weighted by atomic mass is 10.1. The fraction of sp³-hybridized carbons (Fsp3) is 0.364. The van der Waals surface area contributed by atoms with E-state index in [9.17, 15) is 18.0 Å². The zero-order valence-electron chi connectivity index (χ0n) is 18.2. The van der Waals surface area contributed by atoms with Crippen LogP contribution in [0.4, 0.5) is 5.69 Å². The smallest absolute Gasteiger partial charge is 0.244 e. The lowest BCUT2D eigenvalue weighted by Crippen LogP contribution is -2.52. The molecule has 174 valence electrons. The quantitative estimate of drug-likeness (QED) is 0.428. The summed E-state index contributed by atoms with van der Waals surface area (Å²) in [5, 5.41) is 3.22. The van der Waals surface area contributed by atoms with Crippen LogP contribution in [0.25, 0.3) is 0 Å². The number of halogens is 2. The number of carbonyl (C=O) groups is 2. The van der Waals surface area contributed by atoms with E-state index < -0.39 is 28.5 Å². The van der Waals surface area contributed by atoms with Crippen LogP contribution in [0.5, 0.6) is 0 Å². The van der Waals surface area contributed by atoms with Crippen LogP contribution in [0, 0.1) is 3.57 Å². The van der Waals surface area contributed by atoms with Gasteiger partial charge in [-0.25, -0.2) is 8.42 Å². The van der Waals surface area contributed by atoms with E-state index in [1.165, 1.54) is 4.90 Å². The first-order chi connectivity index (χ1) is 15.1. The van der Waals surface area contributed by atoms with E-state index in [-0.39, 0.29) is 12.5 Å². The topological polar surface area (TPSA) is 86.8 Å². The zero-order valence-corrected chi connectivity index (χ0v) is 21.9. The van der Waals surface area contributed by atoms with E-state index in [2.05, 4.69) is 27.9 Å². The van der Waals surface area contributed by atoms with Gasteiger partial charge in [-0.2, -0.15) is 0 Å². The Kier molecular flexibility index (Phi) is 9.78. The lowest BCUT2D eigenvalue weighted by Gasteiger charge is -2.33. The third-order valence-electron chi connectivity index (χ3n) is 4.83. The van der Waals surface area contributed by atoms with Gasteiger partial charge >= 0.3 is 0 Å². The molecule has 1 atom stereocenters. The normalized spacial score (nSPS) is 12.2. The molecule has 0 aliphatic heterocycles. The van der Waals surface area contributed by atoms with E-state index in [0.29, 0.717) is 29.2 Å². The Morgan fingerprint density at radius 1 is 1.09 bits per heavy atom. The molecule has 0 bridgehead atoms. The molecule has 0 fully saturated rings. The van der Waals surface area contributed by atoms with Crippen LogP contribution in [-0.2, 0) is 26.2 Å². The van der Waals surface area contributed by atoms with Gasteiger partial charge in [-0.15, -0.1) is 0 Å². The minimum Gasteiger partial charge on any atom is -0.355 e. The molecule has 0 saturated heterocycles. The van der Waals surface area contributed by atoms with Crippen molar-refractivity contribution in [3.05, 3.63) is 62.7 Å². The minimum atomic E-state index is -3.75. The lowest BCUT2D eigenvalue weighted by molar-refractivity contribution is -0.140. The number of nitrogens with one attached hydrogen (secondary N) is 1. The molecular weight excluding hydrogens is 565 g/mol. The van der Waals surface area contributed by atoms with Gasteiger partial charge in [-0.1, -0.05) is 36.7 Å². The summed E-state index contributed by atoms with van der Waals surface area (Å²) < 4.78 is 27.0. The van der Waals surface area contributed by atoms with Crippen molar-refractivity contribution in [2.45, 2.75) is 32.9 Å². The number of hydrogen-bond donors (Lipinski definition) is 1. The van der Waals surface area contributed by atoms with Crippen LogP contribution in [0.2, 0.25) is 5.02 Å². The third kappa shape index (κ3) is 7.08. The second-order valence-corrected chi connectivity index (χ2v) is 10.7. The molecule has 7 nitrogen and oxygen atoms in total. The third-order valence-corrected chi connectivity index (χ3v) is 7.06. The molecule has 2 amide bonds. The molecule has 0 spiro atoms. The van der Waals surface area contributed by atoms with Crippen molar-refractivity contribution in [1.29, 1.82) is 0 Å². The Morgan fingerprint density at radius 2 is 1.72 bits per heavy atom. The van der Waals surface area contributed by atoms with E-state index in [4.69, 9.17) is 11.6 Å². The maximum absolute atomic E-state index is 13.5. The summed E-state index contributed by atoms with van der Waals surface area (Å²) in [6, 6.07) is 13.1. The molecule has 0 aliphatic carbocycles. The minimum absolute atomic E-state index is 0.0818. The second-order valence-electron chi connectivity index (χ2n) is 7.18. The van der Waals surface area contributed by atoms with Crippen LogP contribution in [0.1, 0.15) is 25.8 Å². The van der Waals surface area contributed by atoms with Gasteiger partial charge in [0.15, 0.2) is 0 Å². The number of benzene rings is 2. The maximum atomic E-state index is 13.5. The highest BCUT2D eigenvalue weighted by Crippen LogP contribution is 2.22. The molecule has 0 radical (unpaired) electrons. The highest BCUT2D eigenvalue weighted by molar-refractivity contribution is 14.1. The number of hydrogen-bond acceptors (Lipinski definition) is 4. The molecular formula is C22H27ClIN3O4S. The average molecular weight is 592 g/mol. The molecule has 1 N–H and O–H groups in total. The molecule has 1 unspecified atom stereocenters. The first-order valence-electron chi connectivity index (χ1n) is 10.1. The first kappa shape index (κ1) is 26.4. The number of amides is 2. The highest BCUT2D eigenvalue weighted by atomic mass is 127. The predicted molar refractivity (Wildman–Crippen MR) is 136 cm³/mol. The average Bonchev–Trinajstić information content (AvgIpc) is 2.73. The zero-order chi connectivity index (χ0) is 23.9. The summed E-state index contributed by atoms with van der Waals surface area (Å²) in [6.07, 6.45) is 1.42. The standard InChI is InChI=1S/C22H27ClIN3O4S/c1-4-20(22(29)25-5-2)26(14-16-8-6-7-9-19(16)23)21(28)15-27(32(3,30)31)18-12-10-17(24)11-13-18/h6-13,20H,4-5,14-15H2,1-3H3,(H,25,29). The summed E-state index contributed by atoms with van der Waals surface area (Å²) in [4.78, 5) is 27.6. The summed E-state index contributed by atoms with van der Waals surface area (Å²) in [5.74, 6) is -0.789. The van der Waals surface area contributed by atoms with Crippen LogP contribution in [0.15, 0.2) is 48.5 Å². The summed E-state index contributed by atoms with van der Waals surface area (Å²) >= 11 is 8.43. The van der Waals surface area contributed by atoms with Gasteiger partial charge in [0.25, 0.3) is 0 Å². The molecule has 0 aliphatic rings. The van der Waals surface area contributed by atoms with Crippen molar-refractivity contribution in [3.63, 3.8) is 0 Å². The van der Waals surface area contributed by atoms with E-state index in [0.717, 1.165) is 14.1 Å².